The van der Waals surface area contributed by atoms with E-state index in [1.165, 1.54) is 6.07 Å². The Labute approximate surface area is 142 Å². The number of carbonyl (C=O) groups excluding carboxylic acids is 2. The van der Waals surface area contributed by atoms with E-state index in [1.807, 2.05) is 20.8 Å². The molecule has 6 heteroatoms. The van der Waals surface area contributed by atoms with Crippen LogP contribution in [0.4, 0.5) is 4.79 Å². The van der Waals surface area contributed by atoms with Gasteiger partial charge in [0.05, 0.1) is 11.6 Å². The molecule has 6 nitrogen and oxygen atoms in total. The number of piperidine rings is 1. The first kappa shape index (κ1) is 18.1. The first-order valence-corrected chi connectivity index (χ1v) is 8.34. The number of nitrogens with one attached hydrogen (secondary N) is 1. The molecule has 1 aromatic carbocycles. The molecule has 1 atom stereocenters. The van der Waals surface area contributed by atoms with E-state index in [4.69, 9.17) is 4.74 Å². The largest absolute Gasteiger partial charge is 0.507 e. The Balaban J connectivity index is 1.97. The summed E-state index contributed by atoms with van der Waals surface area (Å²) in [7, 11) is 0. The van der Waals surface area contributed by atoms with Crippen LogP contribution in [0.25, 0.3) is 0 Å². The van der Waals surface area contributed by atoms with Crippen LogP contribution in [0.3, 0.4) is 0 Å². The summed E-state index contributed by atoms with van der Waals surface area (Å²) < 4.78 is 5.45. The van der Waals surface area contributed by atoms with Crippen LogP contribution in [0, 0.1) is 0 Å². The molecule has 1 heterocycles. The van der Waals surface area contributed by atoms with E-state index < -0.39 is 5.60 Å². The zero-order valence-corrected chi connectivity index (χ0v) is 14.5. The highest BCUT2D eigenvalue weighted by atomic mass is 16.6. The normalized spacial score (nSPS) is 18.1. The average Bonchev–Trinajstić information content (AvgIpc) is 2.51. The zero-order chi connectivity index (χ0) is 17.7. The number of aromatic hydroxyl groups is 1. The summed E-state index contributed by atoms with van der Waals surface area (Å²) in [4.78, 5) is 26.2. The first-order chi connectivity index (χ1) is 11.3. The van der Waals surface area contributed by atoms with Gasteiger partial charge in [-0.15, -0.1) is 0 Å². The van der Waals surface area contributed by atoms with Gasteiger partial charge in [0.1, 0.15) is 11.4 Å². The number of para-hydroxylation sites is 1. The van der Waals surface area contributed by atoms with E-state index in [0.717, 1.165) is 19.3 Å². The molecule has 1 fully saturated rings. The molecule has 0 bridgehead atoms. The van der Waals surface area contributed by atoms with Crippen molar-refractivity contribution in [3.8, 4) is 5.75 Å². The molecule has 0 aliphatic carbocycles. The molecule has 0 spiro atoms. The predicted octanol–water partition coefficient (Wildman–Crippen LogP) is 2.91. The SMILES string of the molecule is CC(C)(C)OC(=O)N1CCCCC1CNC(=O)c1ccccc1O. The van der Waals surface area contributed by atoms with Gasteiger partial charge in [-0.1, -0.05) is 12.1 Å². The Morgan fingerprint density at radius 2 is 2.00 bits per heavy atom. The van der Waals surface area contributed by atoms with Gasteiger partial charge in [-0.05, 0) is 52.2 Å². The van der Waals surface area contributed by atoms with E-state index >= 15 is 0 Å². The number of phenols is 1. The van der Waals surface area contributed by atoms with Crippen molar-refractivity contribution in [1.29, 1.82) is 0 Å². The Kier molecular flexibility index (Phi) is 5.70. The van der Waals surface area contributed by atoms with Crippen molar-refractivity contribution < 1.29 is 19.4 Å². The fourth-order valence-electron chi connectivity index (χ4n) is 2.75. The number of ether oxygens (including phenoxy) is 1. The second-order valence-electron chi connectivity index (χ2n) is 7.05. The molecule has 1 unspecified atom stereocenters. The summed E-state index contributed by atoms with van der Waals surface area (Å²) in [6.45, 7) is 6.48. The molecule has 1 aliphatic rings. The van der Waals surface area contributed by atoms with Crippen LogP contribution >= 0.6 is 0 Å². The van der Waals surface area contributed by atoms with E-state index in [1.54, 1.807) is 23.1 Å². The lowest BCUT2D eigenvalue weighted by atomic mass is 10.0. The smallest absolute Gasteiger partial charge is 0.410 e. The lowest BCUT2D eigenvalue weighted by molar-refractivity contribution is 0.00985. The van der Waals surface area contributed by atoms with Crippen molar-refractivity contribution in [3.63, 3.8) is 0 Å². The Bertz CT molecular complexity index is 595. The molecule has 0 radical (unpaired) electrons. The van der Waals surface area contributed by atoms with Gasteiger partial charge in [0.15, 0.2) is 0 Å². The molecule has 2 N–H and O–H groups in total. The number of phenolic OH excluding ortho intramolecular Hbond substituents is 1. The lowest BCUT2D eigenvalue weighted by Crippen LogP contribution is -2.50. The van der Waals surface area contributed by atoms with Crippen LogP contribution in [-0.2, 0) is 4.74 Å². The highest BCUT2D eigenvalue weighted by Crippen LogP contribution is 2.21. The molecule has 0 aromatic heterocycles. The summed E-state index contributed by atoms with van der Waals surface area (Å²) in [6.07, 6.45) is 2.42. The predicted molar refractivity (Wildman–Crippen MR) is 91.0 cm³/mol. The number of hydrogen-bond donors (Lipinski definition) is 2. The molecule has 2 rings (SSSR count). The topological polar surface area (TPSA) is 78.9 Å². The molecule has 1 aliphatic heterocycles. The Morgan fingerprint density at radius 3 is 2.67 bits per heavy atom. The van der Waals surface area contributed by atoms with Crippen LogP contribution in [0.2, 0.25) is 0 Å². The minimum atomic E-state index is -0.543. The third kappa shape index (κ3) is 4.88. The lowest BCUT2D eigenvalue weighted by Gasteiger charge is -2.36. The van der Waals surface area contributed by atoms with Crippen molar-refractivity contribution in [2.45, 2.75) is 51.7 Å². The van der Waals surface area contributed by atoms with Crippen LogP contribution < -0.4 is 5.32 Å². The van der Waals surface area contributed by atoms with Crippen molar-refractivity contribution >= 4 is 12.0 Å². The molecule has 132 valence electrons. The molecule has 2 amide bonds. The summed E-state index contributed by atoms with van der Waals surface area (Å²) in [5.74, 6) is -0.398. The molecule has 0 saturated carbocycles. The standard InChI is InChI=1S/C18H26N2O4/c1-18(2,3)24-17(23)20-11-7-6-8-13(20)12-19-16(22)14-9-4-5-10-15(14)21/h4-5,9-10,13,21H,6-8,11-12H2,1-3H3,(H,19,22). The summed E-state index contributed by atoms with van der Waals surface area (Å²) in [6, 6.07) is 6.31. The first-order valence-electron chi connectivity index (χ1n) is 8.34. The average molecular weight is 334 g/mol. The van der Waals surface area contributed by atoms with Crippen molar-refractivity contribution in [3.05, 3.63) is 29.8 Å². The summed E-state index contributed by atoms with van der Waals surface area (Å²) in [5.41, 5.74) is -0.310. The number of amides is 2. The van der Waals surface area contributed by atoms with Gasteiger partial charge in [0.25, 0.3) is 5.91 Å². The molecule has 1 saturated heterocycles. The zero-order valence-electron chi connectivity index (χ0n) is 14.5. The quantitative estimate of drug-likeness (QED) is 0.891. The van der Waals surface area contributed by atoms with Gasteiger partial charge in [0, 0.05) is 13.1 Å². The minimum absolute atomic E-state index is 0.0531. The monoisotopic (exact) mass is 334 g/mol. The molecular formula is C18H26N2O4. The van der Waals surface area contributed by atoms with Crippen LogP contribution in [-0.4, -0.2) is 46.7 Å². The third-order valence-electron chi connectivity index (χ3n) is 3.90. The fraction of sp³-hybridized carbons (Fsp3) is 0.556. The van der Waals surface area contributed by atoms with Gasteiger partial charge < -0.3 is 20.1 Å². The number of rotatable bonds is 3. The van der Waals surface area contributed by atoms with Gasteiger partial charge in [-0.2, -0.15) is 0 Å². The third-order valence-corrected chi connectivity index (χ3v) is 3.90. The number of likely N-dealkylation sites (tertiary alicyclic amines) is 1. The summed E-state index contributed by atoms with van der Waals surface area (Å²) in [5, 5.41) is 12.5. The Morgan fingerprint density at radius 1 is 1.29 bits per heavy atom. The van der Waals surface area contributed by atoms with Crippen LogP contribution in [0.1, 0.15) is 50.4 Å². The number of nitrogens with zero attached hydrogens (tertiary/aromatic N) is 1. The maximum Gasteiger partial charge on any atom is 0.410 e. The van der Waals surface area contributed by atoms with E-state index in [2.05, 4.69) is 5.32 Å². The summed E-state index contributed by atoms with van der Waals surface area (Å²) >= 11 is 0. The maximum absolute atomic E-state index is 12.3. The van der Waals surface area contributed by atoms with E-state index in [-0.39, 0.29) is 29.4 Å². The van der Waals surface area contributed by atoms with E-state index in [0.29, 0.717) is 13.1 Å². The Hall–Kier alpha value is -2.24. The van der Waals surface area contributed by atoms with Crippen LogP contribution in [0.5, 0.6) is 5.75 Å². The second-order valence-corrected chi connectivity index (χ2v) is 7.05. The highest BCUT2D eigenvalue weighted by Gasteiger charge is 2.30. The fourth-order valence-corrected chi connectivity index (χ4v) is 2.75. The highest BCUT2D eigenvalue weighted by molar-refractivity contribution is 5.96. The van der Waals surface area contributed by atoms with Crippen molar-refractivity contribution in [2.75, 3.05) is 13.1 Å². The molecular weight excluding hydrogens is 308 g/mol. The van der Waals surface area contributed by atoms with Gasteiger partial charge >= 0.3 is 6.09 Å². The van der Waals surface area contributed by atoms with Gasteiger partial charge in [0.2, 0.25) is 0 Å². The number of benzene rings is 1. The van der Waals surface area contributed by atoms with Crippen LogP contribution in [0.15, 0.2) is 24.3 Å². The number of hydrogen-bond acceptors (Lipinski definition) is 4. The van der Waals surface area contributed by atoms with Crippen molar-refractivity contribution in [2.24, 2.45) is 0 Å². The molecule has 1 aromatic rings. The maximum atomic E-state index is 12.3. The number of carbonyl (C=O) groups is 2. The van der Waals surface area contributed by atoms with E-state index in [9.17, 15) is 14.7 Å². The van der Waals surface area contributed by atoms with Gasteiger partial charge in [-0.25, -0.2) is 4.79 Å². The minimum Gasteiger partial charge on any atom is -0.507 e. The van der Waals surface area contributed by atoms with Gasteiger partial charge in [-0.3, -0.25) is 4.79 Å². The van der Waals surface area contributed by atoms with Crippen molar-refractivity contribution in [1.82, 2.24) is 10.2 Å². The second kappa shape index (κ2) is 7.55. The molecule has 24 heavy (non-hydrogen) atoms.